The number of carbonyl (C=O) groups is 1. The molecule has 0 aromatic heterocycles. The lowest BCUT2D eigenvalue weighted by Gasteiger charge is -2.28. The van der Waals surface area contributed by atoms with Crippen molar-refractivity contribution in [1.29, 1.82) is 0 Å². The zero-order chi connectivity index (χ0) is 15.0. The first-order chi connectivity index (χ1) is 10.3. The highest BCUT2D eigenvalue weighted by molar-refractivity contribution is 5.88. The highest BCUT2D eigenvalue weighted by Gasteiger charge is 2.42. The maximum absolute atomic E-state index is 12.7. The van der Waals surface area contributed by atoms with E-state index in [2.05, 4.69) is 24.4 Å². The third-order valence-electron chi connectivity index (χ3n) is 4.78. The van der Waals surface area contributed by atoms with Crippen molar-refractivity contribution in [1.82, 2.24) is 5.32 Å². The smallest absolute Gasteiger partial charge is 0.230 e. The third-order valence-corrected chi connectivity index (χ3v) is 4.78. The van der Waals surface area contributed by atoms with Gasteiger partial charge < -0.3 is 5.32 Å². The molecule has 2 nitrogen and oxygen atoms in total. The van der Waals surface area contributed by atoms with Crippen LogP contribution in [0, 0.1) is 0 Å². The normalized spacial score (nSPS) is 16.8. The van der Waals surface area contributed by atoms with Crippen molar-refractivity contribution >= 4 is 5.91 Å². The second kappa shape index (κ2) is 8.21. The fourth-order valence-electron chi connectivity index (χ4n) is 3.48. The van der Waals surface area contributed by atoms with E-state index in [0.29, 0.717) is 0 Å². The number of unbranched alkanes of at least 4 members (excludes halogenated alkanes) is 4. The van der Waals surface area contributed by atoms with E-state index in [1.807, 2.05) is 18.2 Å². The Morgan fingerprint density at radius 3 is 2.38 bits per heavy atom. The third kappa shape index (κ3) is 4.09. The zero-order valence-electron chi connectivity index (χ0n) is 13.4. The van der Waals surface area contributed by atoms with E-state index in [1.54, 1.807) is 0 Å². The van der Waals surface area contributed by atoms with Crippen molar-refractivity contribution in [2.75, 3.05) is 6.54 Å². The highest BCUT2D eigenvalue weighted by atomic mass is 16.2. The molecule has 0 aliphatic heterocycles. The molecule has 0 saturated heterocycles. The minimum absolute atomic E-state index is 0.252. The lowest BCUT2D eigenvalue weighted by atomic mass is 9.78. The van der Waals surface area contributed by atoms with Crippen LogP contribution >= 0.6 is 0 Å². The minimum atomic E-state index is -0.259. The molecule has 0 radical (unpaired) electrons. The van der Waals surface area contributed by atoms with Gasteiger partial charge in [-0.05, 0) is 24.8 Å². The number of amides is 1. The average Bonchev–Trinajstić information content (AvgIpc) is 3.02. The molecule has 2 rings (SSSR count). The molecular formula is C19H29NO. The van der Waals surface area contributed by atoms with Crippen molar-refractivity contribution in [3.63, 3.8) is 0 Å². The Bertz CT molecular complexity index is 420. The molecule has 1 aliphatic rings. The number of rotatable bonds is 8. The Labute approximate surface area is 129 Å². The first-order valence-corrected chi connectivity index (χ1v) is 8.63. The largest absolute Gasteiger partial charge is 0.355 e. The van der Waals surface area contributed by atoms with Crippen molar-refractivity contribution in [3.8, 4) is 0 Å². The van der Waals surface area contributed by atoms with Crippen LogP contribution in [-0.4, -0.2) is 12.5 Å². The zero-order valence-corrected chi connectivity index (χ0v) is 13.4. The van der Waals surface area contributed by atoms with Gasteiger partial charge in [0.15, 0.2) is 0 Å². The first kappa shape index (κ1) is 16.1. The quantitative estimate of drug-likeness (QED) is 0.696. The average molecular weight is 287 g/mol. The van der Waals surface area contributed by atoms with Gasteiger partial charge in [-0.25, -0.2) is 0 Å². The van der Waals surface area contributed by atoms with Crippen LogP contribution in [0.3, 0.4) is 0 Å². The van der Waals surface area contributed by atoms with Crippen LogP contribution < -0.4 is 5.32 Å². The molecule has 0 atom stereocenters. The van der Waals surface area contributed by atoms with Crippen molar-refractivity contribution < 1.29 is 4.79 Å². The fraction of sp³-hybridized carbons (Fsp3) is 0.632. The molecule has 1 aliphatic carbocycles. The maximum atomic E-state index is 12.7. The Hall–Kier alpha value is -1.31. The summed E-state index contributed by atoms with van der Waals surface area (Å²) < 4.78 is 0. The molecule has 0 heterocycles. The Kier molecular flexibility index (Phi) is 6.28. The topological polar surface area (TPSA) is 29.1 Å². The molecule has 1 fully saturated rings. The van der Waals surface area contributed by atoms with E-state index in [-0.39, 0.29) is 11.3 Å². The molecule has 1 N–H and O–H groups in total. The van der Waals surface area contributed by atoms with Gasteiger partial charge in [-0.15, -0.1) is 0 Å². The highest BCUT2D eigenvalue weighted by Crippen LogP contribution is 2.41. The molecule has 0 unspecified atom stereocenters. The molecule has 2 heteroatoms. The predicted molar refractivity (Wildman–Crippen MR) is 88.4 cm³/mol. The summed E-state index contributed by atoms with van der Waals surface area (Å²) in [5.41, 5.74) is 0.941. The van der Waals surface area contributed by atoms with Crippen molar-refractivity contribution in [3.05, 3.63) is 35.9 Å². The molecule has 1 aromatic rings. The summed E-state index contributed by atoms with van der Waals surface area (Å²) in [6.45, 7) is 3.06. The lowest BCUT2D eigenvalue weighted by Crippen LogP contribution is -2.42. The number of carbonyl (C=O) groups excluding carboxylic acids is 1. The molecule has 1 saturated carbocycles. The number of hydrogen-bond acceptors (Lipinski definition) is 1. The van der Waals surface area contributed by atoms with Gasteiger partial charge in [-0.3, -0.25) is 4.79 Å². The van der Waals surface area contributed by atoms with Gasteiger partial charge in [-0.2, -0.15) is 0 Å². The van der Waals surface area contributed by atoms with E-state index in [9.17, 15) is 4.79 Å². The fourth-order valence-corrected chi connectivity index (χ4v) is 3.48. The lowest BCUT2D eigenvalue weighted by molar-refractivity contribution is -0.126. The summed E-state index contributed by atoms with van der Waals surface area (Å²) in [7, 11) is 0. The van der Waals surface area contributed by atoms with Crippen LogP contribution in [0.5, 0.6) is 0 Å². The monoisotopic (exact) mass is 287 g/mol. The molecule has 116 valence electrons. The van der Waals surface area contributed by atoms with Crippen molar-refractivity contribution in [2.45, 2.75) is 70.1 Å². The Balaban J connectivity index is 1.88. The van der Waals surface area contributed by atoms with Crippen LogP contribution in [0.15, 0.2) is 30.3 Å². The van der Waals surface area contributed by atoms with Crippen molar-refractivity contribution in [2.24, 2.45) is 0 Å². The van der Waals surface area contributed by atoms with Gasteiger partial charge >= 0.3 is 0 Å². The first-order valence-electron chi connectivity index (χ1n) is 8.63. The SMILES string of the molecule is CCCCCCCNC(=O)C1(c2ccccc2)CCCC1. The van der Waals surface area contributed by atoms with E-state index in [1.165, 1.54) is 44.1 Å². The number of benzene rings is 1. The van der Waals surface area contributed by atoms with Gasteiger partial charge in [0.25, 0.3) is 0 Å². The molecule has 0 bridgehead atoms. The van der Waals surface area contributed by atoms with Gasteiger partial charge in [0, 0.05) is 6.54 Å². The van der Waals surface area contributed by atoms with Gasteiger partial charge in [0.1, 0.15) is 0 Å². The Morgan fingerprint density at radius 2 is 1.71 bits per heavy atom. The predicted octanol–water partition coefficient (Wildman–Crippen LogP) is 4.59. The summed E-state index contributed by atoms with van der Waals surface area (Å²) in [6.07, 6.45) is 10.5. The van der Waals surface area contributed by atoms with Gasteiger partial charge in [-0.1, -0.05) is 75.8 Å². The van der Waals surface area contributed by atoms with E-state index in [4.69, 9.17) is 0 Å². The van der Waals surface area contributed by atoms with Gasteiger partial charge in [0.05, 0.1) is 5.41 Å². The van der Waals surface area contributed by atoms with E-state index < -0.39 is 0 Å². The number of hydrogen-bond donors (Lipinski definition) is 1. The summed E-state index contributed by atoms with van der Waals surface area (Å²) in [4.78, 5) is 12.7. The van der Waals surface area contributed by atoms with Crippen LogP contribution in [0.1, 0.15) is 70.3 Å². The van der Waals surface area contributed by atoms with E-state index in [0.717, 1.165) is 25.8 Å². The minimum Gasteiger partial charge on any atom is -0.355 e. The standard InChI is InChI=1S/C19H29NO/c1-2-3-4-5-11-16-20-18(21)19(14-9-10-15-19)17-12-7-6-8-13-17/h6-8,12-13H,2-5,9-11,14-16H2,1H3,(H,20,21). The second-order valence-electron chi connectivity index (χ2n) is 6.33. The molecular weight excluding hydrogens is 258 g/mol. The summed E-state index contributed by atoms with van der Waals surface area (Å²) in [5, 5.41) is 3.20. The Morgan fingerprint density at radius 1 is 1.05 bits per heavy atom. The number of nitrogens with one attached hydrogen (secondary N) is 1. The molecule has 0 spiro atoms. The molecule has 21 heavy (non-hydrogen) atoms. The molecule has 1 amide bonds. The van der Waals surface area contributed by atoms with Crippen LogP contribution in [-0.2, 0) is 10.2 Å². The van der Waals surface area contributed by atoms with Gasteiger partial charge in [0.2, 0.25) is 5.91 Å². The molecule has 1 aromatic carbocycles. The summed E-state index contributed by atoms with van der Waals surface area (Å²) >= 11 is 0. The van der Waals surface area contributed by atoms with Crippen LogP contribution in [0.2, 0.25) is 0 Å². The second-order valence-corrected chi connectivity index (χ2v) is 6.33. The summed E-state index contributed by atoms with van der Waals surface area (Å²) in [5.74, 6) is 0.252. The van der Waals surface area contributed by atoms with Crippen LogP contribution in [0.4, 0.5) is 0 Å². The van der Waals surface area contributed by atoms with E-state index >= 15 is 0 Å². The maximum Gasteiger partial charge on any atom is 0.230 e. The summed E-state index contributed by atoms with van der Waals surface area (Å²) in [6, 6.07) is 10.4. The van der Waals surface area contributed by atoms with Crippen LogP contribution in [0.25, 0.3) is 0 Å².